The lowest BCUT2D eigenvalue weighted by atomic mass is 9.94. The molecule has 0 spiro atoms. The smallest absolute Gasteiger partial charge is 0.281 e. The Hall–Kier alpha value is -0.415. The maximum absolute atomic E-state index is 13.1. The number of alkyl halides is 1. The summed E-state index contributed by atoms with van der Waals surface area (Å²) in [5.74, 6) is 0. The minimum absolute atomic E-state index is 0.305. The van der Waals surface area contributed by atoms with E-state index in [4.69, 9.17) is 5.73 Å². The number of hydrogen-bond acceptors (Lipinski definition) is 3. The van der Waals surface area contributed by atoms with E-state index in [9.17, 15) is 9.18 Å². The Bertz CT molecular complexity index is 158. The predicted molar refractivity (Wildman–Crippen MR) is 47.6 cm³/mol. The van der Waals surface area contributed by atoms with Gasteiger partial charge in [0.15, 0.2) is 0 Å². The number of carbonyl (C=O) groups is 1. The fraction of sp³-hybridized carbons (Fsp3) is 0.857. The van der Waals surface area contributed by atoms with Gasteiger partial charge < -0.3 is 15.3 Å². The molecule has 0 aromatic heterocycles. The van der Waals surface area contributed by atoms with Gasteiger partial charge in [0.2, 0.25) is 0 Å². The van der Waals surface area contributed by atoms with Crippen molar-refractivity contribution < 1.29 is 9.18 Å². The van der Waals surface area contributed by atoms with E-state index in [-0.39, 0.29) is 6.04 Å². The van der Waals surface area contributed by atoms with E-state index in [1.807, 2.05) is 4.81 Å². The van der Waals surface area contributed by atoms with E-state index in [0.717, 1.165) is 25.6 Å². The van der Waals surface area contributed by atoms with Gasteiger partial charge in [0, 0.05) is 12.6 Å². The van der Waals surface area contributed by atoms with Gasteiger partial charge in [-0.2, -0.15) is 0 Å². The van der Waals surface area contributed by atoms with Crippen molar-refractivity contribution >= 4 is 13.6 Å². The fourth-order valence-electron chi connectivity index (χ4n) is 1.48. The van der Waals surface area contributed by atoms with Crippen LogP contribution >= 0.6 is 0 Å². The molecule has 1 fully saturated rings. The number of nitrogens with two attached hydrogens (primary N) is 1. The number of carbonyl (C=O) groups excluding carboxylic acids is 1. The Kier molecular flexibility index (Phi) is 3.68. The molecule has 0 radical (unpaired) electrons. The molecule has 1 rings (SSSR count). The molecule has 1 aliphatic rings. The molecular weight excluding hydrogens is 158 g/mol. The third-order valence-electron chi connectivity index (χ3n) is 2.24. The monoisotopic (exact) mass is 172 g/mol. The molecule has 0 saturated carbocycles. The summed E-state index contributed by atoms with van der Waals surface area (Å²) in [6.45, 7) is 1.09. The average molecular weight is 172 g/mol. The van der Waals surface area contributed by atoms with Crippen LogP contribution in [0.15, 0.2) is 0 Å². The number of hydrogen-bond donors (Lipinski definition) is 1. The van der Waals surface area contributed by atoms with Crippen LogP contribution in [0.25, 0.3) is 0 Å². The quantitative estimate of drug-likeness (QED) is 0.442. The molecular formula is C7H14BFN2O. The predicted octanol–water partition coefficient (Wildman–Crippen LogP) is -0.711. The van der Waals surface area contributed by atoms with Gasteiger partial charge in [-0.25, -0.2) is 4.39 Å². The minimum atomic E-state index is -0.979. The van der Waals surface area contributed by atoms with Crippen LogP contribution in [0.2, 0.25) is 0 Å². The highest BCUT2D eigenvalue weighted by Crippen LogP contribution is 2.11. The lowest BCUT2D eigenvalue weighted by Gasteiger charge is -2.18. The summed E-state index contributed by atoms with van der Waals surface area (Å²) in [5, 5.41) is 0. The molecule has 1 heterocycles. The third kappa shape index (κ3) is 2.57. The second-order valence-corrected chi connectivity index (χ2v) is 3.25. The highest BCUT2D eigenvalue weighted by atomic mass is 19.1. The zero-order valence-electron chi connectivity index (χ0n) is 7.08. The molecule has 2 atom stereocenters. The second-order valence-electron chi connectivity index (χ2n) is 3.25. The molecule has 1 aliphatic heterocycles. The highest BCUT2D eigenvalue weighted by Gasteiger charge is 2.23. The Morgan fingerprint density at radius 1 is 1.67 bits per heavy atom. The fourth-order valence-corrected chi connectivity index (χ4v) is 1.48. The first-order valence-corrected chi connectivity index (χ1v) is 4.29. The van der Waals surface area contributed by atoms with Crippen molar-refractivity contribution in [3.63, 3.8) is 0 Å². The van der Waals surface area contributed by atoms with Crippen LogP contribution < -0.4 is 5.73 Å². The first-order chi connectivity index (χ1) is 5.74. The van der Waals surface area contributed by atoms with Crippen LogP contribution in [0.1, 0.15) is 12.8 Å². The van der Waals surface area contributed by atoms with Gasteiger partial charge in [-0.1, -0.05) is 0 Å². The van der Waals surface area contributed by atoms with Crippen LogP contribution in [0.5, 0.6) is 0 Å². The summed E-state index contributed by atoms with van der Waals surface area (Å²) < 4.78 is 13.1. The van der Waals surface area contributed by atoms with Crippen LogP contribution in [-0.2, 0) is 4.79 Å². The van der Waals surface area contributed by atoms with Gasteiger partial charge in [-0.15, -0.1) is 0 Å². The van der Waals surface area contributed by atoms with Crippen LogP contribution in [0, 0.1) is 0 Å². The first-order valence-electron chi connectivity index (χ1n) is 4.29. The highest BCUT2D eigenvalue weighted by molar-refractivity contribution is 6.64. The summed E-state index contributed by atoms with van der Waals surface area (Å²) in [7, 11) is 0.327. The van der Waals surface area contributed by atoms with Crippen molar-refractivity contribution in [3.8, 4) is 0 Å². The average Bonchev–Trinajstić information content (AvgIpc) is 2.16. The lowest BCUT2D eigenvalue weighted by Crippen LogP contribution is -2.39. The SMILES string of the molecule is N[C@H]1CCCN(BC=O)C[C@H]1F. The summed E-state index contributed by atoms with van der Waals surface area (Å²) in [6, 6.07) is -0.346. The standard InChI is InChI=1S/C7H14BFN2O/c9-6-4-11(8-5-12)3-1-2-7(6)10/h5-8H,1-4,10H2/t6-,7+/m1/s1. The molecule has 0 bridgehead atoms. The van der Waals surface area contributed by atoms with Crippen molar-refractivity contribution in [1.82, 2.24) is 4.81 Å². The Morgan fingerprint density at radius 3 is 3.08 bits per heavy atom. The second kappa shape index (κ2) is 4.57. The Morgan fingerprint density at radius 2 is 2.42 bits per heavy atom. The van der Waals surface area contributed by atoms with Gasteiger partial charge in [-0.3, -0.25) is 0 Å². The van der Waals surface area contributed by atoms with Gasteiger partial charge in [0.25, 0.3) is 7.41 Å². The van der Waals surface area contributed by atoms with Crippen molar-refractivity contribution in [1.29, 1.82) is 0 Å². The summed E-state index contributed by atoms with van der Waals surface area (Å²) in [5.41, 5.74) is 5.55. The third-order valence-corrected chi connectivity index (χ3v) is 2.24. The molecule has 0 aromatic rings. The molecule has 12 heavy (non-hydrogen) atoms. The molecule has 5 heteroatoms. The van der Waals surface area contributed by atoms with E-state index < -0.39 is 6.17 Å². The molecule has 68 valence electrons. The molecule has 1 saturated heterocycles. The summed E-state index contributed by atoms with van der Waals surface area (Å²) >= 11 is 0. The van der Waals surface area contributed by atoms with Crippen LogP contribution in [0.4, 0.5) is 4.39 Å². The summed E-state index contributed by atoms with van der Waals surface area (Å²) in [6.07, 6.45) is 1.43. The van der Waals surface area contributed by atoms with Crippen molar-refractivity contribution in [2.75, 3.05) is 13.1 Å². The Labute approximate surface area is 72.4 Å². The molecule has 2 N–H and O–H groups in total. The first kappa shape index (κ1) is 9.67. The molecule has 0 aromatic carbocycles. The van der Waals surface area contributed by atoms with Gasteiger partial charge in [-0.05, 0) is 19.4 Å². The van der Waals surface area contributed by atoms with E-state index in [2.05, 4.69) is 0 Å². The Balaban J connectivity index is 2.42. The molecule has 3 nitrogen and oxygen atoms in total. The lowest BCUT2D eigenvalue weighted by molar-refractivity contribution is 0.251. The summed E-state index contributed by atoms with van der Waals surface area (Å²) in [4.78, 5) is 12.0. The maximum atomic E-state index is 13.1. The number of halogens is 1. The maximum Gasteiger partial charge on any atom is 0.281 e. The van der Waals surface area contributed by atoms with Gasteiger partial charge in [0.05, 0.1) is 6.19 Å². The van der Waals surface area contributed by atoms with Gasteiger partial charge in [0.1, 0.15) is 6.17 Å². The molecule has 0 aliphatic carbocycles. The van der Waals surface area contributed by atoms with Crippen molar-refractivity contribution in [3.05, 3.63) is 0 Å². The van der Waals surface area contributed by atoms with E-state index >= 15 is 0 Å². The normalized spacial score (nSPS) is 32.5. The topological polar surface area (TPSA) is 46.3 Å². The number of nitrogens with zero attached hydrogens (tertiary/aromatic N) is 1. The van der Waals surface area contributed by atoms with Crippen molar-refractivity contribution in [2.45, 2.75) is 25.1 Å². The van der Waals surface area contributed by atoms with E-state index in [1.165, 1.54) is 0 Å². The molecule has 0 amide bonds. The van der Waals surface area contributed by atoms with Crippen LogP contribution in [0.3, 0.4) is 0 Å². The number of rotatable bonds is 2. The van der Waals surface area contributed by atoms with E-state index in [0.29, 0.717) is 14.0 Å². The van der Waals surface area contributed by atoms with E-state index in [1.54, 1.807) is 0 Å². The van der Waals surface area contributed by atoms with Crippen LogP contribution in [-0.4, -0.2) is 43.7 Å². The molecule has 0 unspecified atom stereocenters. The van der Waals surface area contributed by atoms with Crippen molar-refractivity contribution in [2.24, 2.45) is 5.73 Å². The zero-order chi connectivity index (χ0) is 8.97. The largest absolute Gasteiger partial charge is 0.336 e. The van der Waals surface area contributed by atoms with Gasteiger partial charge >= 0.3 is 0 Å². The zero-order valence-corrected chi connectivity index (χ0v) is 7.08. The minimum Gasteiger partial charge on any atom is -0.336 e.